The minimum Gasteiger partial charge on any atom is -0.495 e. The van der Waals surface area contributed by atoms with Gasteiger partial charge in [-0.3, -0.25) is 4.79 Å². The Hall–Kier alpha value is -2.72. The van der Waals surface area contributed by atoms with Crippen LogP contribution in [-0.4, -0.2) is 13.0 Å². The lowest BCUT2D eigenvalue weighted by molar-refractivity contribution is 0.102. The Morgan fingerprint density at radius 2 is 1.65 bits per heavy atom. The van der Waals surface area contributed by atoms with Crippen molar-refractivity contribution >= 4 is 23.4 Å². The third-order valence-electron chi connectivity index (χ3n) is 4.00. The van der Waals surface area contributed by atoms with Gasteiger partial charge in [-0.2, -0.15) is 0 Å². The summed E-state index contributed by atoms with van der Waals surface area (Å²) in [6.45, 7) is 2.09. The fourth-order valence-corrected chi connectivity index (χ4v) is 3.35. The van der Waals surface area contributed by atoms with E-state index in [1.54, 1.807) is 18.9 Å². The second kappa shape index (κ2) is 8.59. The molecule has 0 aliphatic rings. The number of ether oxygens (including phenoxy) is 1. The number of carbonyl (C=O) groups is 1. The minimum atomic E-state index is -0.146. The Morgan fingerprint density at radius 1 is 0.962 bits per heavy atom. The summed E-state index contributed by atoms with van der Waals surface area (Å²) in [4.78, 5) is 13.7. The van der Waals surface area contributed by atoms with E-state index in [0.717, 1.165) is 5.75 Å². The Labute approximate surface area is 158 Å². The molecule has 1 N–H and O–H groups in total. The molecule has 0 saturated carbocycles. The maximum atomic E-state index is 12.4. The van der Waals surface area contributed by atoms with Crippen molar-refractivity contribution in [3.8, 4) is 5.75 Å². The second-order valence-electron chi connectivity index (χ2n) is 5.95. The third kappa shape index (κ3) is 4.67. The topological polar surface area (TPSA) is 38.3 Å². The summed E-state index contributed by atoms with van der Waals surface area (Å²) in [5, 5.41) is 2.89. The van der Waals surface area contributed by atoms with Crippen LogP contribution in [-0.2, 0) is 5.75 Å². The summed E-state index contributed by atoms with van der Waals surface area (Å²) in [5.74, 6) is 1.37. The van der Waals surface area contributed by atoms with Gasteiger partial charge in [-0.1, -0.05) is 42.0 Å². The highest BCUT2D eigenvalue weighted by Crippen LogP contribution is 2.25. The van der Waals surface area contributed by atoms with Gasteiger partial charge in [0.05, 0.1) is 12.8 Å². The zero-order valence-electron chi connectivity index (χ0n) is 14.9. The number of thioether (sulfide) groups is 1. The molecule has 3 rings (SSSR count). The van der Waals surface area contributed by atoms with E-state index in [1.807, 2.05) is 48.5 Å². The van der Waals surface area contributed by atoms with E-state index in [9.17, 15) is 4.79 Å². The van der Waals surface area contributed by atoms with Crippen LogP contribution in [0.4, 0.5) is 5.69 Å². The van der Waals surface area contributed by atoms with Crippen molar-refractivity contribution in [3.05, 3.63) is 89.5 Å². The van der Waals surface area contributed by atoms with Gasteiger partial charge in [0.1, 0.15) is 5.75 Å². The molecule has 1 amide bonds. The number of nitrogens with one attached hydrogen (secondary N) is 1. The zero-order valence-corrected chi connectivity index (χ0v) is 15.7. The van der Waals surface area contributed by atoms with Crippen LogP contribution in [0, 0.1) is 6.92 Å². The Kier molecular flexibility index (Phi) is 5.97. The highest BCUT2D eigenvalue weighted by Gasteiger charge is 2.09. The molecular weight excluding hydrogens is 342 g/mol. The van der Waals surface area contributed by atoms with Crippen molar-refractivity contribution < 1.29 is 9.53 Å². The largest absolute Gasteiger partial charge is 0.495 e. The molecule has 0 fully saturated rings. The Morgan fingerprint density at radius 3 is 2.35 bits per heavy atom. The number of hydrogen-bond donors (Lipinski definition) is 1. The number of aryl methyl sites for hydroxylation is 1. The molecule has 3 aromatic carbocycles. The summed E-state index contributed by atoms with van der Waals surface area (Å²) in [7, 11) is 1.59. The predicted molar refractivity (Wildman–Crippen MR) is 108 cm³/mol. The van der Waals surface area contributed by atoms with Crippen molar-refractivity contribution in [1.82, 2.24) is 0 Å². The van der Waals surface area contributed by atoms with Crippen LogP contribution in [0.25, 0.3) is 0 Å². The lowest BCUT2D eigenvalue weighted by Crippen LogP contribution is -2.12. The SMILES string of the molecule is COc1ccccc1NC(=O)c1ccc(CSc2ccc(C)cc2)cc1. The summed E-state index contributed by atoms with van der Waals surface area (Å²) in [6.07, 6.45) is 0. The maximum absolute atomic E-state index is 12.4. The lowest BCUT2D eigenvalue weighted by atomic mass is 10.1. The number of methoxy groups -OCH3 is 1. The molecule has 4 heteroatoms. The average molecular weight is 363 g/mol. The van der Waals surface area contributed by atoms with Crippen LogP contribution < -0.4 is 10.1 Å². The van der Waals surface area contributed by atoms with Gasteiger partial charge in [-0.25, -0.2) is 0 Å². The summed E-state index contributed by atoms with van der Waals surface area (Å²) >= 11 is 1.79. The van der Waals surface area contributed by atoms with Crippen LogP contribution in [0.2, 0.25) is 0 Å². The smallest absolute Gasteiger partial charge is 0.255 e. The number of hydrogen-bond acceptors (Lipinski definition) is 3. The van der Waals surface area contributed by atoms with Crippen molar-refractivity contribution in [1.29, 1.82) is 0 Å². The van der Waals surface area contributed by atoms with Gasteiger partial charge >= 0.3 is 0 Å². The van der Waals surface area contributed by atoms with Crippen molar-refractivity contribution in [2.45, 2.75) is 17.6 Å². The highest BCUT2D eigenvalue weighted by atomic mass is 32.2. The van der Waals surface area contributed by atoms with E-state index in [0.29, 0.717) is 17.0 Å². The Bertz CT molecular complexity index is 873. The quantitative estimate of drug-likeness (QED) is 0.584. The van der Waals surface area contributed by atoms with E-state index in [1.165, 1.54) is 16.0 Å². The molecule has 26 heavy (non-hydrogen) atoms. The van der Waals surface area contributed by atoms with Gasteiger partial charge in [0.15, 0.2) is 0 Å². The fourth-order valence-electron chi connectivity index (χ4n) is 2.50. The highest BCUT2D eigenvalue weighted by molar-refractivity contribution is 7.98. The van der Waals surface area contributed by atoms with Crippen LogP contribution in [0.15, 0.2) is 77.7 Å². The first-order valence-corrected chi connectivity index (χ1v) is 9.37. The van der Waals surface area contributed by atoms with Gasteiger partial charge in [0.25, 0.3) is 5.91 Å². The van der Waals surface area contributed by atoms with Crippen LogP contribution >= 0.6 is 11.8 Å². The van der Waals surface area contributed by atoms with E-state index in [2.05, 4.69) is 36.5 Å². The van der Waals surface area contributed by atoms with Gasteiger partial charge < -0.3 is 10.1 Å². The van der Waals surface area contributed by atoms with Crippen LogP contribution in [0.3, 0.4) is 0 Å². The molecule has 0 spiro atoms. The van der Waals surface area contributed by atoms with Gasteiger partial charge in [-0.15, -0.1) is 11.8 Å². The second-order valence-corrected chi connectivity index (χ2v) is 7.00. The number of rotatable bonds is 6. The molecule has 0 aliphatic heterocycles. The summed E-state index contributed by atoms with van der Waals surface area (Å²) < 4.78 is 5.27. The molecule has 0 saturated heterocycles. The third-order valence-corrected chi connectivity index (χ3v) is 5.08. The van der Waals surface area contributed by atoms with E-state index in [-0.39, 0.29) is 5.91 Å². The molecule has 0 bridgehead atoms. The molecule has 0 radical (unpaired) electrons. The van der Waals surface area contributed by atoms with E-state index < -0.39 is 0 Å². The number of para-hydroxylation sites is 2. The first kappa shape index (κ1) is 18.1. The molecule has 3 nitrogen and oxygen atoms in total. The average Bonchev–Trinajstić information content (AvgIpc) is 2.68. The molecule has 132 valence electrons. The first-order chi connectivity index (χ1) is 12.7. The fraction of sp³-hybridized carbons (Fsp3) is 0.136. The molecule has 0 aliphatic carbocycles. The maximum Gasteiger partial charge on any atom is 0.255 e. The van der Waals surface area contributed by atoms with Gasteiger partial charge in [-0.05, 0) is 48.9 Å². The van der Waals surface area contributed by atoms with Gasteiger partial charge in [0.2, 0.25) is 0 Å². The molecular formula is C22H21NO2S. The summed E-state index contributed by atoms with van der Waals surface area (Å²) in [6, 6.07) is 23.6. The minimum absolute atomic E-state index is 0.146. The monoisotopic (exact) mass is 363 g/mol. The molecule has 0 heterocycles. The normalized spacial score (nSPS) is 10.4. The molecule has 0 unspecified atom stereocenters. The molecule has 0 atom stereocenters. The van der Waals surface area contributed by atoms with Crippen LogP contribution in [0.1, 0.15) is 21.5 Å². The standard InChI is InChI=1S/C22H21NO2S/c1-16-7-13-19(14-8-16)26-15-17-9-11-18(12-10-17)22(24)23-20-5-3-4-6-21(20)25-2/h3-14H,15H2,1-2H3,(H,23,24). The zero-order chi connectivity index (χ0) is 18.4. The number of amides is 1. The lowest BCUT2D eigenvalue weighted by Gasteiger charge is -2.10. The van der Waals surface area contributed by atoms with Crippen LogP contribution in [0.5, 0.6) is 5.75 Å². The number of carbonyl (C=O) groups excluding carboxylic acids is 1. The molecule has 0 aromatic heterocycles. The first-order valence-electron chi connectivity index (χ1n) is 8.38. The van der Waals surface area contributed by atoms with E-state index in [4.69, 9.17) is 4.74 Å². The van der Waals surface area contributed by atoms with Gasteiger partial charge in [0, 0.05) is 16.2 Å². The van der Waals surface area contributed by atoms with Crippen molar-refractivity contribution in [3.63, 3.8) is 0 Å². The van der Waals surface area contributed by atoms with Crippen molar-refractivity contribution in [2.75, 3.05) is 12.4 Å². The molecule has 3 aromatic rings. The number of anilines is 1. The van der Waals surface area contributed by atoms with Crippen molar-refractivity contribution in [2.24, 2.45) is 0 Å². The number of benzene rings is 3. The Balaban J connectivity index is 1.61. The summed E-state index contributed by atoms with van der Waals surface area (Å²) in [5.41, 5.74) is 3.74. The van der Waals surface area contributed by atoms with E-state index >= 15 is 0 Å². The predicted octanol–water partition coefficient (Wildman–Crippen LogP) is 5.55.